The predicted octanol–water partition coefficient (Wildman–Crippen LogP) is 0.341. The first-order chi connectivity index (χ1) is 10.8. The van der Waals surface area contributed by atoms with Crippen LogP contribution in [0.3, 0.4) is 0 Å². The van der Waals surface area contributed by atoms with Crippen molar-refractivity contribution in [2.75, 3.05) is 38.5 Å². The number of nitrogens with one attached hydrogen (secondary N) is 1. The lowest BCUT2D eigenvalue weighted by atomic mass is 10.1. The third kappa shape index (κ3) is 3.63. The monoisotopic (exact) mass is 332 g/mol. The summed E-state index contributed by atoms with van der Waals surface area (Å²) in [6.45, 7) is 4.56. The van der Waals surface area contributed by atoms with Gasteiger partial charge >= 0.3 is 12.1 Å². The van der Waals surface area contributed by atoms with Gasteiger partial charge in [0.15, 0.2) is 0 Å². The molecule has 23 heavy (non-hydrogen) atoms. The van der Waals surface area contributed by atoms with Gasteiger partial charge in [-0.15, -0.1) is 5.10 Å². The van der Waals surface area contributed by atoms with Gasteiger partial charge in [-0.25, -0.2) is 4.68 Å². The number of nitrogens with zero attached hydrogens (tertiary/aromatic N) is 5. The summed E-state index contributed by atoms with van der Waals surface area (Å²) in [7, 11) is 2.09. The third-order valence-electron chi connectivity index (χ3n) is 4.37. The Morgan fingerprint density at radius 3 is 2.61 bits per heavy atom. The van der Waals surface area contributed by atoms with E-state index < -0.39 is 12.1 Å². The molecule has 1 unspecified atom stereocenters. The zero-order valence-corrected chi connectivity index (χ0v) is 12.8. The van der Waals surface area contributed by atoms with Crippen molar-refractivity contribution in [3.63, 3.8) is 0 Å². The maximum atomic E-state index is 12.3. The van der Waals surface area contributed by atoms with Crippen molar-refractivity contribution in [1.82, 2.24) is 24.6 Å². The summed E-state index contributed by atoms with van der Waals surface area (Å²) in [5.74, 6) is -1.70. The minimum absolute atomic E-state index is 0.277. The number of amides is 1. The number of likely N-dealkylation sites (N-methyl/N-ethyl adjacent to an activating group) is 1. The highest BCUT2D eigenvalue weighted by Gasteiger charge is 2.39. The number of alkyl halides is 3. The summed E-state index contributed by atoms with van der Waals surface area (Å²) in [5.41, 5.74) is 0. The van der Waals surface area contributed by atoms with E-state index in [-0.39, 0.29) is 5.95 Å². The average Bonchev–Trinajstić information content (AvgIpc) is 2.88. The Hall–Kier alpha value is -1.68. The minimum Gasteiger partial charge on any atom is -0.304 e. The Morgan fingerprint density at radius 2 is 1.96 bits per heavy atom. The molecule has 2 aliphatic heterocycles. The number of aryl methyl sites for hydroxylation is 1. The number of carbonyl (C=O) groups is 1. The summed E-state index contributed by atoms with van der Waals surface area (Å²) in [6, 6.07) is 0.309. The van der Waals surface area contributed by atoms with E-state index in [1.54, 1.807) is 10.00 Å². The van der Waals surface area contributed by atoms with Gasteiger partial charge in [-0.3, -0.25) is 15.0 Å². The van der Waals surface area contributed by atoms with Crippen molar-refractivity contribution in [3.8, 4) is 0 Å². The van der Waals surface area contributed by atoms with Crippen LogP contribution in [0, 0.1) is 0 Å². The molecular weight excluding hydrogens is 313 g/mol. The molecule has 10 heteroatoms. The second kappa shape index (κ2) is 6.08. The second-order valence-corrected chi connectivity index (χ2v) is 6.02. The van der Waals surface area contributed by atoms with Gasteiger partial charge in [-0.2, -0.15) is 18.2 Å². The van der Waals surface area contributed by atoms with Gasteiger partial charge in [-0.1, -0.05) is 0 Å². The van der Waals surface area contributed by atoms with Crippen LogP contribution in [0.1, 0.15) is 12.2 Å². The standard InChI is InChI=1S/C13H19F3N6O/c1-20-4-6-21(7-5-20)9-2-3-10-17-12(19-22(10)8-9)18-11(23)13(14,15)16/h9H,2-8H2,1H3,(H,18,19,23). The fourth-order valence-electron chi connectivity index (χ4n) is 3.00. The van der Waals surface area contributed by atoms with Gasteiger partial charge in [0.25, 0.3) is 0 Å². The molecular formula is C13H19F3N6O. The average molecular weight is 332 g/mol. The molecule has 1 aromatic heterocycles. The molecule has 1 saturated heterocycles. The van der Waals surface area contributed by atoms with E-state index in [9.17, 15) is 18.0 Å². The number of halogens is 3. The largest absolute Gasteiger partial charge is 0.471 e. The van der Waals surface area contributed by atoms with Crippen molar-refractivity contribution < 1.29 is 18.0 Å². The third-order valence-corrected chi connectivity index (χ3v) is 4.37. The molecule has 1 atom stereocenters. The highest BCUT2D eigenvalue weighted by Crippen LogP contribution is 2.21. The van der Waals surface area contributed by atoms with Gasteiger partial charge in [0.2, 0.25) is 5.95 Å². The van der Waals surface area contributed by atoms with E-state index >= 15 is 0 Å². The Balaban J connectivity index is 1.64. The van der Waals surface area contributed by atoms with Gasteiger partial charge in [0.05, 0.1) is 6.54 Å². The number of fused-ring (bicyclic) bond motifs is 1. The first-order valence-electron chi connectivity index (χ1n) is 7.57. The fourth-order valence-corrected chi connectivity index (χ4v) is 3.00. The molecule has 0 aliphatic carbocycles. The van der Waals surface area contributed by atoms with Crippen LogP contribution in [-0.4, -0.2) is 75.9 Å². The van der Waals surface area contributed by atoms with E-state index in [0.717, 1.165) is 32.6 Å². The molecule has 7 nitrogen and oxygen atoms in total. The highest BCUT2D eigenvalue weighted by atomic mass is 19.4. The van der Waals surface area contributed by atoms with Crippen molar-refractivity contribution in [2.45, 2.75) is 31.6 Å². The molecule has 0 bridgehead atoms. The molecule has 0 aromatic carbocycles. The molecule has 0 radical (unpaired) electrons. The lowest BCUT2D eigenvalue weighted by Crippen LogP contribution is -2.51. The fraction of sp³-hybridized carbons (Fsp3) is 0.769. The Labute approximate surface area is 131 Å². The second-order valence-electron chi connectivity index (χ2n) is 6.02. The summed E-state index contributed by atoms with van der Waals surface area (Å²) >= 11 is 0. The van der Waals surface area contributed by atoms with Gasteiger partial charge in [0.1, 0.15) is 5.82 Å². The van der Waals surface area contributed by atoms with Crippen molar-refractivity contribution in [2.24, 2.45) is 0 Å². The summed E-state index contributed by atoms with van der Waals surface area (Å²) in [4.78, 5) is 19.6. The molecule has 1 amide bonds. The first-order valence-corrected chi connectivity index (χ1v) is 7.57. The van der Waals surface area contributed by atoms with E-state index in [0.29, 0.717) is 24.8 Å². The molecule has 0 spiro atoms. The molecule has 0 saturated carbocycles. The molecule has 1 aromatic rings. The van der Waals surface area contributed by atoms with Crippen LogP contribution in [0.25, 0.3) is 0 Å². The molecule has 3 heterocycles. The number of hydrogen-bond donors (Lipinski definition) is 1. The van der Waals surface area contributed by atoms with Crippen LogP contribution in [0.4, 0.5) is 19.1 Å². The predicted molar refractivity (Wildman–Crippen MR) is 75.9 cm³/mol. The van der Waals surface area contributed by atoms with Crippen LogP contribution in [-0.2, 0) is 17.8 Å². The maximum absolute atomic E-state index is 12.3. The SMILES string of the molecule is CN1CCN(C2CCc3nc(NC(=O)C(F)(F)F)nn3C2)CC1. The first kappa shape index (κ1) is 16.2. The number of aromatic nitrogens is 3. The topological polar surface area (TPSA) is 66.3 Å². The van der Waals surface area contributed by atoms with E-state index in [2.05, 4.69) is 26.9 Å². The lowest BCUT2D eigenvalue weighted by Gasteiger charge is -2.39. The van der Waals surface area contributed by atoms with E-state index in [1.807, 2.05) is 0 Å². The Bertz CT molecular complexity index is 579. The summed E-state index contributed by atoms with van der Waals surface area (Å²) < 4.78 is 38.4. The van der Waals surface area contributed by atoms with Crippen molar-refractivity contribution >= 4 is 11.9 Å². The minimum atomic E-state index is -4.94. The van der Waals surface area contributed by atoms with E-state index in [1.165, 1.54) is 0 Å². The highest BCUT2D eigenvalue weighted by molar-refractivity contribution is 5.93. The molecule has 1 N–H and O–H groups in total. The van der Waals surface area contributed by atoms with Crippen LogP contribution in [0.5, 0.6) is 0 Å². The van der Waals surface area contributed by atoms with Crippen LogP contribution < -0.4 is 5.32 Å². The summed E-state index contributed by atoms with van der Waals surface area (Å²) in [5, 5.41) is 5.71. The molecule has 1 fully saturated rings. The molecule has 3 rings (SSSR count). The molecule has 2 aliphatic rings. The zero-order chi connectivity index (χ0) is 16.6. The van der Waals surface area contributed by atoms with E-state index in [4.69, 9.17) is 0 Å². The zero-order valence-electron chi connectivity index (χ0n) is 12.8. The van der Waals surface area contributed by atoms with Crippen LogP contribution in [0.15, 0.2) is 0 Å². The maximum Gasteiger partial charge on any atom is 0.471 e. The van der Waals surface area contributed by atoms with Crippen LogP contribution in [0.2, 0.25) is 0 Å². The van der Waals surface area contributed by atoms with Crippen molar-refractivity contribution in [3.05, 3.63) is 5.82 Å². The number of carbonyl (C=O) groups excluding carboxylic acids is 1. The number of anilines is 1. The number of rotatable bonds is 2. The van der Waals surface area contributed by atoms with Gasteiger partial charge < -0.3 is 4.90 Å². The number of hydrogen-bond acceptors (Lipinski definition) is 5. The summed E-state index contributed by atoms with van der Waals surface area (Å²) in [6.07, 6.45) is -3.39. The quantitative estimate of drug-likeness (QED) is 0.846. The molecule has 128 valence electrons. The van der Waals surface area contributed by atoms with Gasteiger partial charge in [-0.05, 0) is 13.5 Å². The van der Waals surface area contributed by atoms with Crippen molar-refractivity contribution in [1.29, 1.82) is 0 Å². The Morgan fingerprint density at radius 1 is 1.26 bits per heavy atom. The smallest absolute Gasteiger partial charge is 0.304 e. The van der Waals surface area contributed by atoms with Crippen LogP contribution >= 0.6 is 0 Å². The Kier molecular flexibility index (Phi) is 4.28. The van der Waals surface area contributed by atoms with Gasteiger partial charge in [0, 0.05) is 38.6 Å². The normalized spacial score (nSPS) is 23.6. The lowest BCUT2D eigenvalue weighted by molar-refractivity contribution is -0.167. The number of piperazine rings is 1.